The first-order chi connectivity index (χ1) is 12.6. The highest BCUT2D eigenvalue weighted by Crippen LogP contribution is 2.22. The molecule has 0 unspecified atom stereocenters. The number of amides is 1. The lowest BCUT2D eigenvalue weighted by Gasteiger charge is -2.21. The van der Waals surface area contributed by atoms with E-state index in [1.807, 2.05) is 74.2 Å². The van der Waals surface area contributed by atoms with E-state index in [1.165, 1.54) is 0 Å². The Kier molecular flexibility index (Phi) is 5.27. The van der Waals surface area contributed by atoms with Gasteiger partial charge in [-0.2, -0.15) is 0 Å². The number of nitrogens with zero attached hydrogens (tertiary/aromatic N) is 3. The molecular formula is C21H22N4O. The van der Waals surface area contributed by atoms with Crippen LogP contribution in [0.25, 0.3) is 0 Å². The number of hydrogen-bond donors (Lipinski definition) is 1. The molecule has 2 aromatic carbocycles. The first-order valence-corrected chi connectivity index (χ1v) is 8.62. The monoisotopic (exact) mass is 346 g/mol. The maximum Gasteiger partial charge on any atom is 0.274 e. The molecule has 0 spiro atoms. The van der Waals surface area contributed by atoms with Crippen LogP contribution in [0.3, 0.4) is 0 Å². The lowest BCUT2D eigenvalue weighted by Crippen LogP contribution is -2.21. The minimum Gasteiger partial charge on any atom is -0.320 e. The normalized spacial score (nSPS) is 10.4. The molecule has 1 aromatic heterocycles. The third kappa shape index (κ3) is 3.88. The molecule has 0 saturated heterocycles. The van der Waals surface area contributed by atoms with Crippen molar-refractivity contribution >= 4 is 23.2 Å². The highest BCUT2D eigenvalue weighted by molar-refractivity contribution is 6.03. The van der Waals surface area contributed by atoms with Crippen LogP contribution in [-0.2, 0) is 0 Å². The van der Waals surface area contributed by atoms with E-state index in [0.29, 0.717) is 18.2 Å². The van der Waals surface area contributed by atoms with Crippen LogP contribution >= 0.6 is 0 Å². The van der Waals surface area contributed by atoms with Gasteiger partial charge in [0, 0.05) is 24.1 Å². The third-order valence-corrected chi connectivity index (χ3v) is 4.13. The molecule has 26 heavy (non-hydrogen) atoms. The zero-order valence-corrected chi connectivity index (χ0v) is 15.2. The molecular weight excluding hydrogens is 324 g/mol. The van der Waals surface area contributed by atoms with Gasteiger partial charge in [0.05, 0.1) is 0 Å². The second kappa shape index (κ2) is 7.78. The predicted molar refractivity (Wildman–Crippen MR) is 105 cm³/mol. The van der Waals surface area contributed by atoms with Crippen LogP contribution in [0.4, 0.5) is 17.3 Å². The van der Waals surface area contributed by atoms with E-state index in [4.69, 9.17) is 0 Å². The molecule has 0 saturated carbocycles. The average molecular weight is 346 g/mol. The lowest BCUT2D eigenvalue weighted by atomic mass is 10.1. The Morgan fingerprint density at radius 3 is 2.54 bits per heavy atom. The van der Waals surface area contributed by atoms with Gasteiger partial charge in [-0.05, 0) is 50.6 Å². The van der Waals surface area contributed by atoms with Crippen molar-refractivity contribution in [2.45, 2.75) is 20.8 Å². The van der Waals surface area contributed by atoms with Crippen LogP contribution < -0.4 is 10.2 Å². The Morgan fingerprint density at radius 2 is 1.85 bits per heavy atom. The lowest BCUT2D eigenvalue weighted by molar-refractivity contribution is 0.102. The predicted octanol–water partition coefficient (Wildman–Crippen LogP) is 4.50. The molecule has 3 aromatic rings. The summed E-state index contributed by atoms with van der Waals surface area (Å²) >= 11 is 0. The smallest absolute Gasteiger partial charge is 0.274 e. The summed E-state index contributed by atoms with van der Waals surface area (Å²) in [6.45, 7) is 6.73. The number of rotatable bonds is 5. The largest absolute Gasteiger partial charge is 0.320 e. The van der Waals surface area contributed by atoms with Gasteiger partial charge in [0.25, 0.3) is 5.91 Å². The molecule has 0 atom stereocenters. The Labute approximate surface area is 153 Å². The number of carbonyl (C=O) groups excluding carboxylic acids is 1. The molecule has 1 N–H and O–H groups in total. The first-order valence-electron chi connectivity index (χ1n) is 8.62. The fourth-order valence-electron chi connectivity index (χ4n) is 2.79. The molecule has 5 nitrogen and oxygen atoms in total. The maximum atomic E-state index is 12.6. The quantitative estimate of drug-likeness (QED) is 0.739. The minimum absolute atomic E-state index is 0.246. The SMILES string of the molecule is CCN(c1ccccc1)c1nccc(C(=O)Nc2ccc(C)cc2C)n1. The average Bonchev–Trinajstić information content (AvgIpc) is 2.66. The van der Waals surface area contributed by atoms with E-state index in [0.717, 1.165) is 22.5 Å². The topological polar surface area (TPSA) is 58.1 Å². The zero-order valence-electron chi connectivity index (χ0n) is 15.2. The van der Waals surface area contributed by atoms with Crippen molar-refractivity contribution in [2.75, 3.05) is 16.8 Å². The van der Waals surface area contributed by atoms with Crippen LogP contribution in [-0.4, -0.2) is 22.4 Å². The van der Waals surface area contributed by atoms with Crippen molar-refractivity contribution in [1.82, 2.24) is 9.97 Å². The number of aryl methyl sites for hydroxylation is 2. The van der Waals surface area contributed by atoms with Crippen molar-refractivity contribution in [3.63, 3.8) is 0 Å². The van der Waals surface area contributed by atoms with E-state index >= 15 is 0 Å². The van der Waals surface area contributed by atoms with Crippen molar-refractivity contribution in [1.29, 1.82) is 0 Å². The molecule has 0 fully saturated rings. The fourth-order valence-corrected chi connectivity index (χ4v) is 2.79. The van der Waals surface area contributed by atoms with E-state index in [2.05, 4.69) is 15.3 Å². The zero-order chi connectivity index (χ0) is 18.5. The standard InChI is InChI=1S/C21H22N4O/c1-4-25(17-8-6-5-7-9-17)21-22-13-12-19(24-21)20(26)23-18-11-10-15(2)14-16(18)3/h5-14H,4H2,1-3H3,(H,23,26). The van der Waals surface area contributed by atoms with Gasteiger partial charge in [-0.3, -0.25) is 4.79 Å². The molecule has 5 heteroatoms. The minimum atomic E-state index is -0.246. The summed E-state index contributed by atoms with van der Waals surface area (Å²) < 4.78 is 0. The van der Waals surface area contributed by atoms with Gasteiger partial charge in [-0.25, -0.2) is 9.97 Å². The van der Waals surface area contributed by atoms with E-state index in [9.17, 15) is 4.79 Å². The van der Waals surface area contributed by atoms with E-state index in [-0.39, 0.29) is 5.91 Å². The van der Waals surface area contributed by atoms with Crippen LogP contribution in [0.5, 0.6) is 0 Å². The number of aromatic nitrogens is 2. The molecule has 0 aliphatic carbocycles. The highest BCUT2D eigenvalue weighted by Gasteiger charge is 2.14. The highest BCUT2D eigenvalue weighted by atomic mass is 16.1. The Balaban J connectivity index is 1.85. The van der Waals surface area contributed by atoms with Crippen molar-refractivity contribution in [3.8, 4) is 0 Å². The van der Waals surface area contributed by atoms with Gasteiger partial charge in [0.15, 0.2) is 0 Å². The molecule has 3 rings (SSSR count). The van der Waals surface area contributed by atoms with Crippen molar-refractivity contribution in [2.24, 2.45) is 0 Å². The molecule has 0 aliphatic heterocycles. The van der Waals surface area contributed by atoms with Gasteiger partial charge in [0.2, 0.25) is 5.95 Å². The number of carbonyl (C=O) groups is 1. The Bertz CT molecular complexity index is 909. The number of anilines is 3. The number of para-hydroxylation sites is 1. The molecule has 0 bridgehead atoms. The number of nitrogens with one attached hydrogen (secondary N) is 1. The van der Waals surface area contributed by atoms with Gasteiger partial charge in [-0.1, -0.05) is 35.9 Å². The molecule has 0 aliphatic rings. The van der Waals surface area contributed by atoms with E-state index < -0.39 is 0 Å². The summed E-state index contributed by atoms with van der Waals surface area (Å²) in [7, 11) is 0. The van der Waals surface area contributed by atoms with Crippen LogP contribution in [0.1, 0.15) is 28.5 Å². The summed E-state index contributed by atoms with van der Waals surface area (Å²) in [6.07, 6.45) is 1.62. The van der Waals surface area contributed by atoms with Gasteiger partial charge in [-0.15, -0.1) is 0 Å². The second-order valence-electron chi connectivity index (χ2n) is 6.09. The van der Waals surface area contributed by atoms with E-state index in [1.54, 1.807) is 12.3 Å². The Hall–Kier alpha value is -3.21. The summed E-state index contributed by atoms with van der Waals surface area (Å²) in [5.74, 6) is 0.261. The summed E-state index contributed by atoms with van der Waals surface area (Å²) in [4.78, 5) is 23.4. The summed E-state index contributed by atoms with van der Waals surface area (Å²) in [5.41, 5.74) is 4.29. The summed E-state index contributed by atoms with van der Waals surface area (Å²) in [6, 6.07) is 17.4. The summed E-state index contributed by atoms with van der Waals surface area (Å²) in [5, 5.41) is 2.93. The first kappa shape index (κ1) is 17.6. The van der Waals surface area contributed by atoms with Crippen LogP contribution in [0.15, 0.2) is 60.8 Å². The van der Waals surface area contributed by atoms with Crippen LogP contribution in [0.2, 0.25) is 0 Å². The van der Waals surface area contributed by atoms with Gasteiger partial charge >= 0.3 is 0 Å². The third-order valence-electron chi connectivity index (χ3n) is 4.13. The van der Waals surface area contributed by atoms with Crippen molar-refractivity contribution < 1.29 is 4.79 Å². The Morgan fingerprint density at radius 1 is 1.08 bits per heavy atom. The molecule has 1 amide bonds. The number of benzene rings is 2. The molecule has 0 radical (unpaired) electrons. The molecule has 1 heterocycles. The maximum absolute atomic E-state index is 12.6. The van der Waals surface area contributed by atoms with Gasteiger partial charge < -0.3 is 10.2 Å². The number of hydrogen-bond acceptors (Lipinski definition) is 4. The molecule has 132 valence electrons. The second-order valence-corrected chi connectivity index (χ2v) is 6.09. The van der Waals surface area contributed by atoms with Gasteiger partial charge in [0.1, 0.15) is 5.69 Å². The fraction of sp³-hybridized carbons (Fsp3) is 0.190. The van der Waals surface area contributed by atoms with Crippen LogP contribution in [0, 0.1) is 13.8 Å². The van der Waals surface area contributed by atoms with Crippen molar-refractivity contribution in [3.05, 3.63) is 77.6 Å².